The molecule has 1 heterocycles. The Labute approximate surface area is 278 Å². The van der Waals surface area contributed by atoms with Gasteiger partial charge in [0.15, 0.2) is 11.5 Å². The van der Waals surface area contributed by atoms with Crippen LogP contribution in [0.2, 0.25) is 5.02 Å². The van der Waals surface area contributed by atoms with Gasteiger partial charge in [-0.05, 0) is 73.2 Å². The number of methoxy groups -OCH3 is 1. The van der Waals surface area contributed by atoms with Crippen LogP contribution in [0.3, 0.4) is 0 Å². The first-order chi connectivity index (χ1) is 22.8. The molecule has 13 heteroatoms. The van der Waals surface area contributed by atoms with Crippen LogP contribution >= 0.6 is 22.9 Å². The fraction of sp³-hybridized carbons (Fsp3) is 0.0882. The quantitative estimate of drug-likeness (QED) is 0.0504. The van der Waals surface area contributed by atoms with Crippen molar-refractivity contribution in [3.8, 4) is 17.2 Å². The summed E-state index contributed by atoms with van der Waals surface area (Å²) >= 11 is 7.63. The fourth-order valence-electron chi connectivity index (χ4n) is 4.33. The zero-order chi connectivity index (χ0) is 33.3. The number of amides is 3. The summed E-state index contributed by atoms with van der Waals surface area (Å²) in [6, 6.07) is 25.1. The maximum Gasteiger partial charge on any atom is 0.355 e. The molecule has 0 aliphatic carbocycles. The molecule has 4 aromatic carbocycles. The molecule has 0 atom stereocenters. The number of esters is 1. The summed E-state index contributed by atoms with van der Waals surface area (Å²) in [7, 11) is 1.41. The molecule has 0 aliphatic heterocycles. The number of anilines is 2. The zero-order valence-corrected chi connectivity index (χ0v) is 26.6. The van der Waals surface area contributed by atoms with E-state index in [4.69, 9.17) is 25.8 Å². The van der Waals surface area contributed by atoms with Crippen molar-refractivity contribution in [3.05, 3.63) is 112 Å². The molecule has 0 spiro atoms. The third kappa shape index (κ3) is 7.93. The molecular weight excluding hydrogens is 644 g/mol. The maximum atomic E-state index is 12.9. The van der Waals surface area contributed by atoms with E-state index < -0.39 is 23.7 Å². The second-order valence-corrected chi connectivity index (χ2v) is 11.1. The second-order valence-electron chi connectivity index (χ2n) is 9.65. The molecule has 11 nitrogen and oxygen atoms in total. The Bertz CT molecular complexity index is 1990. The van der Waals surface area contributed by atoms with Crippen LogP contribution in [0.25, 0.3) is 10.1 Å². The lowest BCUT2D eigenvalue weighted by Crippen LogP contribution is -2.33. The van der Waals surface area contributed by atoms with Crippen LogP contribution in [-0.4, -0.2) is 43.6 Å². The van der Waals surface area contributed by atoms with Gasteiger partial charge in [0, 0.05) is 15.8 Å². The van der Waals surface area contributed by atoms with Crippen LogP contribution in [0.4, 0.5) is 11.4 Å². The van der Waals surface area contributed by atoms with Crippen molar-refractivity contribution in [1.29, 1.82) is 0 Å². The highest BCUT2D eigenvalue weighted by atomic mass is 35.5. The third-order valence-electron chi connectivity index (χ3n) is 6.54. The SMILES string of the molecule is CCOc1ccc(NC(=O)c2ccccc2NC(=O)C(=O)N/N=C\c2ccc(OC(=O)c3sc4ccccc4c3Cl)c(OC)c2)cc1. The largest absolute Gasteiger partial charge is 0.494 e. The van der Waals surface area contributed by atoms with E-state index >= 15 is 0 Å². The van der Waals surface area contributed by atoms with E-state index in [0.717, 1.165) is 10.1 Å². The van der Waals surface area contributed by atoms with Gasteiger partial charge in [-0.2, -0.15) is 5.10 Å². The van der Waals surface area contributed by atoms with Gasteiger partial charge >= 0.3 is 17.8 Å². The minimum atomic E-state index is -1.07. The summed E-state index contributed by atoms with van der Waals surface area (Å²) in [6.45, 7) is 2.39. The molecule has 5 aromatic rings. The van der Waals surface area contributed by atoms with Gasteiger partial charge < -0.3 is 24.8 Å². The van der Waals surface area contributed by atoms with Crippen LogP contribution in [-0.2, 0) is 9.59 Å². The Morgan fingerprint density at radius 2 is 1.62 bits per heavy atom. The number of para-hydroxylation sites is 1. The van der Waals surface area contributed by atoms with Crippen molar-refractivity contribution in [2.24, 2.45) is 5.10 Å². The summed E-state index contributed by atoms with van der Waals surface area (Å²) in [6.07, 6.45) is 1.28. The number of thiophene rings is 1. The standard InChI is InChI=1S/C34H27ClN4O7S/c1-3-45-22-15-13-21(14-16-22)37-31(40)23-8-4-6-10-25(23)38-32(41)33(42)39-36-19-20-12-17-26(27(18-20)44-2)46-34(43)30-29(35)24-9-5-7-11-28(24)47-30/h4-19H,3H2,1-2H3,(H,37,40)(H,38,41)(H,39,42)/b36-19-. The van der Waals surface area contributed by atoms with Gasteiger partial charge in [0.2, 0.25) is 0 Å². The lowest BCUT2D eigenvalue weighted by atomic mass is 10.1. The Morgan fingerprint density at radius 3 is 2.36 bits per heavy atom. The number of nitrogens with zero attached hydrogens (tertiary/aromatic N) is 1. The van der Waals surface area contributed by atoms with Gasteiger partial charge in [-0.15, -0.1) is 11.3 Å². The molecule has 47 heavy (non-hydrogen) atoms. The van der Waals surface area contributed by atoms with Crippen LogP contribution in [0, 0.1) is 0 Å². The molecule has 0 saturated carbocycles. The first-order valence-corrected chi connectivity index (χ1v) is 15.3. The molecule has 0 bridgehead atoms. The van der Waals surface area contributed by atoms with E-state index in [1.54, 1.807) is 42.5 Å². The number of hydrogen-bond donors (Lipinski definition) is 3. The number of ether oxygens (including phenoxy) is 3. The number of hydrogen-bond acceptors (Lipinski definition) is 9. The molecule has 0 unspecified atom stereocenters. The van der Waals surface area contributed by atoms with Crippen LogP contribution < -0.4 is 30.3 Å². The number of carbonyl (C=O) groups is 4. The molecule has 5 rings (SSSR count). The highest BCUT2D eigenvalue weighted by Gasteiger charge is 2.21. The zero-order valence-electron chi connectivity index (χ0n) is 25.0. The Kier molecular flexibility index (Phi) is 10.5. The van der Waals surface area contributed by atoms with Gasteiger partial charge in [-0.3, -0.25) is 14.4 Å². The summed E-state index contributed by atoms with van der Waals surface area (Å²) in [5, 5.41) is 10.1. The summed E-state index contributed by atoms with van der Waals surface area (Å²) in [5.41, 5.74) is 3.42. The van der Waals surface area contributed by atoms with E-state index in [0.29, 0.717) is 28.6 Å². The van der Waals surface area contributed by atoms with Gasteiger partial charge in [0.25, 0.3) is 5.91 Å². The lowest BCUT2D eigenvalue weighted by molar-refractivity contribution is -0.136. The smallest absolute Gasteiger partial charge is 0.355 e. The summed E-state index contributed by atoms with van der Waals surface area (Å²) in [5.74, 6) is -2.19. The van der Waals surface area contributed by atoms with Gasteiger partial charge in [0.1, 0.15) is 10.6 Å². The topological polar surface area (TPSA) is 144 Å². The molecule has 3 N–H and O–H groups in total. The fourth-order valence-corrected chi connectivity index (χ4v) is 5.71. The summed E-state index contributed by atoms with van der Waals surface area (Å²) in [4.78, 5) is 51.2. The normalized spacial score (nSPS) is 10.8. The van der Waals surface area contributed by atoms with Crippen molar-refractivity contribution >= 4 is 74.3 Å². The third-order valence-corrected chi connectivity index (χ3v) is 8.20. The van der Waals surface area contributed by atoms with Gasteiger partial charge in [-0.1, -0.05) is 41.9 Å². The molecule has 0 aliphatic rings. The number of rotatable bonds is 10. The van der Waals surface area contributed by atoms with Gasteiger partial charge in [-0.25, -0.2) is 10.2 Å². The first kappa shape index (κ1) is 32.7. The Morgan fingerprint density at radius 1 is 0.872 bits per heavy atom. The van der Waals surface area contributed by atoms with Gasteiger partial charge in [0.05, 0.1) is 36.2 Å². The average molecular weight is 671 g/mol. The Balaban J connectivity index is 1.18. The summed E-state index contributed by atoms with van der Waals surface area (Å²) < 4.78 is 17.2. The molecule has 238 valence electrons. The van der Waals surface area contributed by atoms with E-state index in [9.17, 15) is 19.2 Å². The molecule has 1 aromatic heterocycles. The minimum absolute atomic E-state index is 0.131. The monoisotopic (exact) mass is 670 g/mol. The first-order valence-electron chi connectivity index (χ1n) is 14.1. The highest BCUT2D eigenvalue weighted by Crippen LogP contribution is 2.37. The van der Waals surface area contributed by atoms with Crippen molar-refractivity contribution in [3.63, 3.8) is 0 Å². The molecular formula is C34H27ClN4O7S. The number of carbonyl (C=O) groups excluding carboxylic acids is 4. The van der Waals surface area contributed by atoms with E-state index in [-0.39, 0.29) is 27.6 Å². The van der Waals surface area contributed by atoms with Crippen molar-refractivity contribution in [2.75, 3.05) is 24.4 Å². The van der Waals surface area contributed by atoms with Crippen molar-refractivity contribution in [1.82, 2.24) is 5.43 Å². The van der Waals surface area contributed by atoms with Crippen LogP contribution in [0.1, 0.15) is 32.5 Å². The van der Waals surface area contributed by atoms with E-state index in [2.05, 4.69) is 21.2 Å². The van der Waals surface area contributed by atoms with E-state index in [1.165, 1.54) is 48.9 Å². The van der Waals surface area contributed by atoms with E-state index in [1.807, 2.05) is 31.2 Å². The number of nitrogens with one attached hydrogen (secondary N) is 3. The Hall–Kier alpha value is -5.72. The second kappa shape index (κ2) is 15.0. The maximum absolute atomic E-state index is 12.9. The van der Waals surface area contributed by atoms with Crippen LogP contribution in [0.5, 0.6) is 17.2 Å². The number of benzene rings is 4. The molecule has 0 fully saturated rings. The predicted octanol–water partition coefficient (Wildman–Crippen LogP) is 6.52. The van der Waals surface area contributed by atoms with Crippen molar-refractivity contribution in [2.45, 2.75) is 6.92 Å². The van der Waals surface area contributed by atoms with Crippen LogP contribution in [0.15, 0.2) is 96.1 Å². The van der Waals surface area contributed by atoms with Crippen molar-refractivity contribution < 1.29 is 33.4 Å². The molecule has 3 amide bonds. The number of halogens is 1. The highest BCUT2D eigenvalue weighted by molar-refractivity contribution is 7.21. The number of hydrazone groups is 1. The lowest BCUT2D eigenvalue weighted by Gasteiger charge is -2.11. The predicted molar refractivity (Wildman–Crippen MR) is 181 cm³/mol. The minimum Gasteiger partial charge on any atom is -0.494 e. The number of fused-ring (bicyclic) bond motifs is 1. The average Bonchev–Trinajstić information content (AvgIpc) is 3.42. The molecule has 0 saturated heterocycles. The molecule has 0 radical (unpaired) electrons.